The van der Waals surface area contributed by atoms with Crippen molar-refractivity contribution in [3.8, 4) is 6.07 Å². The first kappa shape index (κ1) is 13.5. The van der Waals surface area contributed by atoms with E-state index < -0.39 is 5.97 Å². The first-order chi connectivity index (χ1) is 8.77. The number of hydrogen-bond acceptors (Lipinski definition) is 3. The lowest BCUT2D eigenvalue weighted by atomic mass is 10.1. The Balaban J connectivity index is 2.89. The molecule has 0 aliphatic heterocycles. The maximum atomic E-state index is 11.5. The van der Waals surface area contributed by atoms with Crippen molar-refractivity contribution in [3.63, 3.8) is 0 Å². The van der Waals surface area contributed by atoms with Crippen LogP contribution in [-0.4, -0.2) is 13.1 Å². The summed E-state index contributed by atoms with van der Waals surface area (Å²) in [5.74, 6) is -0.440. The second-order valence-electron chi connectivity index (χ2n) is 3.35. The van der Waals surface area contributed by atoms with Gasteiger partial charge in [-0.1, -0.05) is 42.5 Å². The van der Waals surface area contributed by atoms with Crippen molar-refractivity contribution in [1.29, 1.82) is 5.26 Å². The Morgan fingerprint density at radius 2 is 2.06 bits per heavy atom. The predicted molar refractivity (Wildman–Crippen MR) is 70.3 cm³/mol. The standard InChI is InChI=1S/C15H13NO2/c1-18-15(17)14(9-5-6-12-16)11-10-13-7-3-2-4-8-13/h2-11H,1H3. The van der Waals surface area contributed by atoms with Crippen LogP contribution in [0.15, 0.2) is 60.2 Å². The highest BCUT2D eigenvalue weighted by molar-refractivity contribution is 5.93. The Hall–Kier alpha value is -2.60. The van der Waals surface area contributed by atoms with Crippen LogP contribution in [0.5, 0.6) is 0 Å². The molecule has 0 bridgehead atoms. The monoisotopic (exact) mass is 239 g/mol. The predicted octanol–water partition coefficient (Wildman–Crippen LogP) is 2.88. The number of carbonyl (C=O) groups excluding carboxylic acids is 1. The van der Waals surface area contributed by atoms with E-state index in [1.165, 1.54) is 25.3 Å². The van der Waals surface area contributed by atoms with E-state index >= 15 is 0 Å². The Kier molecular flexibility index (Phi) is 5.71. The lowest BCUT2D eigenvalue weighted by Gasteiger charge is -1.98. The van der Waals surface area contributed by atoms with Crippen molar-refractivity contribution in [2.45, 2.75) is 0 Å². The molecule has 1 aromatic rings. The van der Waals surface area contributed by atoms with Crippen LogP contribution in [0.1, 0.15) is 5.56 Å². The highest BCUT2D eigenvalue weighted by Crippen LogP contribution is 2.07. The van der Waals surface area contributed by atoms with E-state index in [1.807, 2.05) is 42.5 Å². The van der Waals surface area contributed by atoms with Crippen LogP contribution in [0.2, 0.25) is 0 Å². The molecule has 0 N–H and O–H groups in total. The average Bonchev–Trinajstić information content (AvgIpc) is 2.43. The van der Waals surface area contributed by atoms with Crippen molar-refractivity contribution in [2.75, 3.05) is 7.11 Å². The number of benzene rings is 1. The average molecular weight is 239 g/mol. The number of methoxy groups -OCH3 is 1. The highest BCUT2D eigenvalue weighted by atomic mass is 16.5. The molecule has 0 aromatic heterocycles. The van der Waals surface area contributed by atoms with Gasteiger partial charge in [0.1, 0.15) is 0 Å². The van der Waals surface area contributed by atoms with Crippen LogP contribution < -0.4 is 0 Å². The Morgan fingerprint density at radius 3 is 2.67 bits per heavy atom. The molecule has 0 amide bonds. The smallest absolute Gasteiger partial charge is 0.337 e. The normalized spacial score (nSPS) is 11.7. The molecule has 0 saturated heterocycles. The van der Waals surface area contributed by atoms with Gasteiger partial charge >= 0.3 is 5.97 Å². The topological polar surface area (TPSA) is 50.1 Å². The van der Waals surface area contributed by atoms with E-state index in [2.05, 4.69) is 4.74 Å². The van der Waals surface area contributed by atoms with Crippen molar-refractivity contribution in [3.05, 3.63) is 65.8 Å². The summed E-state index contributed by atoms with van der Waals surface area (Å²) in [4.78, 5) is 11.5. The molecule has 1 rings (SSSR count). The second-order valence-corrected chi connectivity index (χ2v) is 3.35. The molecule has 0 fully saturated rings. The molecular formula is C15H13NO2. The van der Waals surface area contributed by atoms with Gasteiger partial charge < -0.3 is 4.74 Å². The van der Waals surface area contributed by atoms with E-state index in [0.717, 1.165) is 5.56 Å². The van der Waals surface area contributed by atoms with Gasteiger partial charge in [-0.05, 0) is 17.7 Å². The van der Waals surface area contributed by atoms with Crippen LogP contribution in [0.25, 0.3) is 6.08 Å². The lowest BCUT2D eigenvalue weighted by Crippen LogP contribution is -2.02. The fraction of sp³-hybridized carbons (Fsp3) is 0.0667. The SMILES string of the molecule is COC(=O)C(C=Cc1ccccc1)=CC=CC#N. The van der Waals surface area contributed by atoms with Gasteiger partial charge in [-0.2, -0.15) is 5.26 Å². The minimum absolute atomic E-state index is 0.382. The number of nitriles is 1. The number of allylic oxidation sites excluding steroid dienone is 3. The fourth-order valence-electron chi connectivity index (χ4n) is 1.25. The molecule has 0 radical (unpaired) electrons. The Bertz CT molecular complexity index is 519. The van der Waals surface area contributed by atoms with E-state index in [9.17, 15) is 4.79 Å². The number of esters is 1. The van der Waals surface area contributed by atoms with Crippen molar-refractivity contribution in [1.82, 2.24) is 0 Å². The molecule has 0 aliphatic rings. The first-order valence-corrected chi connectivity index (χ1v) is 5.36. The van der Waals surface area contributed by atoms with Crippen LogP contribution in [0, 0.1) is 11.3 Å². The lowest BCUT2D eigenvalue weighted by molar-refractivity contribution is -0.135. The molecule has 0 atom stereocenters. The number of carbonyl (C=O) groups is 1. The Labute approximate surface area is 106 Å². The summed E-state index contributed by atoms with van der Waals surface area (Å²) in [5, 5.41) is 8.38. The van der Waals surface area contributed by atoms with Crippen molar-refractivity contribution >= 4 is 12.0 Å². The maximum absolute atomic E-state index is 11.5. The molecule has 0 unspecified atom stereocenters. The van der Waals surface area contributed by atoms with Crippen molar-refractivity contribution in [2.24, 2.45) is 0 Å². The molecule has 0 saturated carbocycles. The number of rotatable bonds is 4. The third-order valence-corrected chi connectivity index (χ3v) is 2.12. The summed E-state index contributed by atoms with van der Waals surface area (Å²) in [5.41, 5.74) is 1.37. The Morgan fingerprint density at radius 1 is 1.33 bits per heavy atom. The van der Waals surface area contributed by atoms with Gasteiger partial charge in [-0.3, -0.25) is 0 Å². The van der Waals surface area contributed by atoms with Crippen LogP contribution in [-0.2, 0) is 9.53 Å². The summed E-state index contributed by atoms with van der Waals surface area (Å²) in [6.07, 6.45) is 7.79. The van der Waals surface area contributed by atoms with Crippen LogP contribution in [0.4, 0.5) is 0 Å². The molecule has 0 spiro atoms. The van der Waals surface area contributed by atoms with Gasteiger partial charge in [0.25, 0.3) is 0 Å². The zero-order valence-corrected chi connectivity index (χ0v) is 10.0. The van der Waals surface area contributed by atoms with E-state index in [0.29, 0.717) is 5.57 Å². The zero-order valence-electron chi connectivity index (χ0n) is 10.0. The van der Waals surface area contributed by atoms with Crippen LogP contribution >= 0.6 is 0 Å². The largest absolute Gasteiger partial charge is 0.465 e. The number of ether oxygens (including phenoxy) is 1. The molecule has 0 aliphatic carbocycles. The summed E-state index contributed by atoms with van der Waals surface area (Å²) in [6, 6.07) is 11.5. The summed E-state index contributed by atoms with van der Waals surface area (Å²) in [7, 11) is 1.32. The number of nitrogens with zero attached hydrogens (tertiary/aromatic N) is 1. The molecule has 90 valence electrons. The second kappa shape index (κ2) is 7.64. The van der Waals surface area contributed by atoms with Gasteiger partial charge in [0.15, 0.2) is 0 Å². The molecular weight excluding hydrogens is 226 g/mol. The van der Waals surface area contributed by atoms with E-state index in [1.54, 1.807) is 6.08 Å². The van der Waals surface area contributed by atoms with E-state index in [4.69, 9.17) is 5.26 Å². The van der Waals surface area contributed by atoms with Gasteiger partial charge in [-0.15, -0.1) is 0 Å². The quantitative estimate of drug-likeness (QED) is 0.351. The minimum Gasteiger partial charge on any atom is -0.465 e. The maximum Gasteiger partial charge on any atom is 0.337 e. The van der Waals surface area contributed by atoms with Gasteiger partial charge in [-0.25, -0.2) is 4.79 Å². The van der Waals surface area contributed by atoms with E-state index in [-0.39, 0.29) is 0 Å². The van der Waals surface area contributed by atoms with Crippen molar-refractivity contribution < 1.29 is 9.53 Å². The molecule has 18 heavy (non-hydrogen) atoms. The van der Waals surface area contributed by atoms with Crippen LogP contribution in [0.3, 0.4) is 0 Å². The molecule has 1 aromatic carbocycles. The third kappa shape index (κ3) is 4.50. The minimum atomic E-state index is -0.440. The summed E-state index contributed by atoms with van der Waals surface area (Å²) >= 11 is 0. The first-order valence-electron chi connectivity index (χ1n) is 5.36. The summed E-state index contributed by atoms with van der Waals surface area (Å²) < 4.78 is 4.66. The third-order valence-electron chi connectivity index (χ3n) is 2.12. The molecule has 3 heteroatoms. The zero-order chi connectivity index (χ0) is 13.2. The van der Waals surface area contributed by atoms with Gasteiger partial charge in [0.05, 0.1) is 18.8 Å². The van der Waals surface area contributed by atoms with Gasteiger partial charge in [0.2, 0.25) is 0 Å². The number of hydrogen-bond donors (Lipinski definition) is 0. The molecule has 3 nitrogen and oxygen atoms in total. The van der Waals surface area contributed by atoms with Gasteiger partial charge in [0, 0.05) is 6.08 Å². The fourth-order valence-corrected chi connectivity index (χ4v) is 1.25. The highest BCUT2D eigenvalue weighted by Gasteiger charge is 2.03. The summed E-state index contributed by atoms with van der Waals surface area (Å²) in [6.45, 7) is 0. The molecule has 0 heterocycles.